The summed E-state index contributed by atoms with van der Waals surface area (Å²) in [7, 11) is 2.93. The maximum Gasteiger partial charge on any atom is 0.339 e. The number of ether oxygens (including phenoxy) is 3. The Balaban J connectivity index is 2.13. The number of benzene rings is 2. The Bertz CT molecular complexity index is 717. The summed E-state index contributed by atoms with van der Waals surface area (Å²) >= 11 is 0. The number of hydrogen-bond acceptors (Lipinski definition) is 5. The second kappa shape index (κ2) is 7.59. The molecule has 0 saturated heterocycles. The van der Waals surface area contributed by atoms with Crippen LogP contribution in [0.3, 0.4) is 0 Å². The fraction of sp³-hybridized carbons (Fsp3) is 0.222. The molecule has 0 heterocycles. The van der Waals surface area contributed by atoms with Crippen LogP contribution >= 0.6 is 0 Å². The number of Topliss-reactive ketones (excluding diaryl/α,β-unsaturated/α-hetero) is 1. The maximum absolute atomic E-state index is 12.9. The van der Waals surface area contributed by atoms with Crippen LogP contribution in [0, 0.1) is 5.82 Å². The molecule has 0 spiro atoms. The number of ketones is 1. The average Bonchev–Trinajstić information content (AvgIpc) is 2.61. The van der Waals surface area contributed by atoms with Gasteiger partial charge < -0.3 is 14.2 Å². The molecule has 0 amide bonds. The highest BCUT2D eigenvalue weighted by molar-refractivity contribution is 6.01. The van der Waals surface area contributed by atoms with Gasteiger partial charge in [-0.2, -0.15) is 0 Å². The van der Waals surface area contributed by atoms with E-state index in [9.17, 15) is 14.0 Å². The molecule has 24 heavy (non-hydrogen) atoms. The first-order valence-corrected chi connectivity index (χ1v) is 7.18. The van der Waals surface area contributed by atoms with Gasteiger partial charge in [-0.1, -0.05) is 0 Å². The van der Waals surface area contributed by atoms with Crippen LogP contribution in [0.25, 0.3) is 0 Å². The monoisotopic (exact) mass is 332 g/mol. The van der Waals surface area contributed by atoms with Crippen molar-refractivity contribution in [3.05, 3.63) is 59.4 Å². The first-order valence-electron chi connectivity index (χ1n) is 7.18. The number of carbonyl (C=O) groups excluding carboxylic acids is 2. The van der Waals surface area contributed by atoms with Crippen molar-refractivity contribution in [2.45, 2.75) is 13.0 Å². The second-order valence-electron chi connectivity index (χ2n) is 5.02. The first kappa shape index (κ1) is 17.5. The molecule has 0 radical (unpaired) electrons. The highest BCUT2D eigenvalue weighted by atomic mass is 19.1. The first-order chi connectivity index (χ1) is 11.4. The van der Waals surface area contributed by atoms with Crippen molar-refractivity contribution < 1.29 is 28.2 Å². The molecule has 2 rings (SSSR count). The minimum atomic E-state index is -1.01. The van der Waals surface area contributed by atoms with Crippen molar-refractivity contribution in [1.82, 2.24) is 0 Å². The summed E-state index contributed by atoms with van der Waals surface area (Å²) < 4.78 is 28.3. The lowest BCUT2D eigenvalue weighted by Crippen LogP contribution is -2.24. The number of carbonyl (C=O) groups is 2. The van der Waals surface area contributed by atoms with Crippen molar-refractivity contribution in [3.8, 4) is 11.5 Å². The molecule has 0 aromatic heterocycles. The van der Waals surface area contributed by atoms with E-state index in [1.807, 2.05) is 0 Å². The van der Waals surface area contributed by atoms with Crippen LogP contribution in [0.4, 0.5) is 4.39 Å². The molecule has 1 atom stereocenters. The van der Waals surface area contributed by atoms with Crippen molar-refractivity contribution in [2.24, 2.45) is 0 Å². The maximum atomic E-state index is 12.9. The predicted molar refractivity (Wildman–Crippen MR) is 85.2 cm³/mol. The zero-order valence-electron chi connectivity index (χ0n) is 13.5. The summed E-state index contributed by atoms with van der Waals surface area (Å²) in [5.41, 5.74) is 0.463. The number of methoxy groups -OCH3 is 2. The number of esters is 1. The third kappa shape index (κ3) is 4.10. The van der Waals surface area contributed by atoms with Gasteiger partial charge in [0, 0.05) is 11.6 Å². The molecule has 0 aliphatic carbocycles. The van der Waals surface area contributed by atoms with Gasteiger partial charge in [0.2, 0.25) is 5.78 Å². The normalized spacial score (nSPS) is 11.5. The third-order valence-corrected chi connectivity index (χ3v) is 3.37. The molecule has 2 aromatic rings. The molecule has 0 aliphatic heterocycles. The minimum Gasteiger partial charge on any atom is -0.497 e. The molecule has 5 nitrogen and oxygen atoms in total. The van der Waals surface area contributed by atoms with E-state index in [-0.39, 0.29) is 11.1 Å². The Labute approximate surface area is 139 Å². The predicted octanol–water partition coefficient (Wildman–Crippen LogP) is 3.27. The molecule has 0 aliphatic rings. The van der Waals surface area contributed by atoms with E-state index in [1.165, 1.54) is 57.5 Å². The van der Waals surface area contributed by atoms with Gasteiger partial charge in [0.25, 0.3) is 0 Å². The quantitative estimate of drug-likeness (QED) is 0.600. The molecule has 0 fully saturated rings. The summed E-state index contributed by atoms with van der Waals surface area (Å²) in [6.45, 7) is 1.46. The molecular weight excluding hydrogens is 315 g/mol. The van der Waals surface area contributed by atoms with Crippen LogP contribution in [0.1, 0.15) is 27.6 Å². The third-order valence-electron chi connectivity index (χ3n) is 3.37. The highest BCUT2D eigenvalue weighted by Crippen LogP contribution is 2.23. The lowest BCUT2D eigenvalue weighted by Gasteiger charge is -2.13. The molecule has 0 N–H and O–H groups in total. The molecule has 2 aromatic carbocycles. The molecule has 0 saturated carbocycles. The highest BCUT2D eigenvalue weighted by Gasteiger charge is 2.21. The Morgan fingerprint density at radius 1 is 0.917 bits per heavy atom. The summed E-state index contributed by atoms with van der Waals surface area (Å²) in [6.07, 6.45) is -1.01. The van der Waals surface area contributed by atoms with E-state index in [2.05, 4.69) is 0 Å². The zero-order valence-corrected chi connectivity index (χ0v) is 13.5. The van der Waals surface area contributed by atoms with Crippen molar-refractivity contribution in [2.75, 3.05) is 14.2 Å². The van der Waals surface area contributed by atoms with Gasteiger partial charge in [-0.15, -0.1) is 0 Å². The lowest BCUT2D eigenvalue weighted by molar-refractivity contribution is 0.0318. The van der Waals surface area contributed by atoms with Crippen LogP contribution in [-0.4, -0.2) is 32.1 Å². The molecule has 0 bridgehead atoms. The van der Waals surface area contributed by atoms with E-state index in [4.69, 9.17) is 14.2 Å². The Kier molecular flexibility index (Phi) is 5.52. The van der Waals surface area contributed by atoms with Crippen LogP contribution in [0.2, 0.25) is 0 Å². The van der Waals surface area contributed by atoms with Crippen LogP contribution in [-0.2, 0) is 4.74 Å². The topological polar surface area (TPSA) is 61.8 Å². The van der Waals surface area contributed by atoms with Gasteiger partial charge in [0.1, 0.15) is 17.3 Å². The van der Waals surface area contributed by atoms with Gasteiger partial charge in [-0.05, 0) is 43.3 Å². The van der Waals surface area contributed by atoms with Crippen molar-refractivity contribution >= 4 is 11.8 Å². The van der Waals surface area contributed by atoms with Crippen LogP contribution in [0.5, 0.6) is 11.5 Å². The number of halogens is 1. The average molecular weight is 332 g/mol. The van der Waals surface area contributed by atoms with Crippen LogP contribution < -0.4 is 9.47 Å². The minimum absolute atomic E-state index is 0.199. The van der Waals surface area contributed by atoms with Gasteiger partial charge in [0.05, 0.1) is 19.8 Å². The molecule has 126 valence electrons. The summed E-state index contributed by atoms with van der Waals surface area (Å²) in [5.74, 6) is -0.689. The Hall–Kier alpha value is -2.89. The molecule has 6 heteroatoms. The second-order valence-corrected chi connectivity index (χ2v) is 5.02. The standard InChI is InChI=1S/C18H17FO5/c1-11(17(20)12-4-6-14(19)7-5-12)24-18(21)13-8-15(22-2)10-16(9-13)23-3/h4-11H,1-3H3/t11-/m0/s1. The number of rotatable bonds is 6. The summed E-state index contributed by atoms with van der Waals surface area (Å²) in [4.78, 5) is 24.5. The van der Waals surface area contributed by atoms with E-state index in [1.54, 1.807) is 6.07 Å². The van der Waals surface area contributed by atoms with Gasteiger partial charge in [0.15, 0.2) is 6.10 Å². The van der Waals surface area contributed by atoms with Gasteiger partial charge in [-0.25, -0.2) is 9.18 Å². The molecular formula is C18H17FO5. The van der Waals surface area contributed by atoms with E-state index in [0.717, 1.165) is 0 Å². The SMILES string of the molecule is COc1cc(OC)cc(C(=O)O[C@@H](C)C(=O)c2ccc(F)cc2)c1. The van der Waals surface area contributed by atoms with Crippen LogP contribution in [0.15, 0.2) is 42.5 Å². The largest absolute Gasteiger partial charge is 0.497 e. The van der Waals surface area contributed by atoms with E-state index < -0.39 is 23.7 Å². The smallest absolute Gasteiger partial charge is 0.339 e. The fourth-order valence-electron chi connectivity index (χ4n) is 2.06. The summed E-state index contributed by atoms with van der Waals surface area (Å²) in [5, 5.41) is 0. The lowest BCUT2D eigenvalue weighted by atomic mass is 10.1. The van der Waals surface area contributed by atoms with E-state index in [0.29, 0.717) is 11.5 Å². The van der Waals surface area contributed by atoms with Gasteiger partial charge >= 0.3 is 5.97 Å². The Morgan fingerprint density at radius 2 is 1.46 bits per heavy atom. The number of hydrogen-bond donors (Lipinski definition) is 0. The summed E-state index contributed by atoms with van der Waals surface area (Å²) in [6, 6.07) is 9.63. The van der Waals surface area contributed by atoms with Crippen molar-refractivity contribution in [3.63, 3.8) is 0 Å². The van der Waals surface area contributed by atoms with Gasteiger partial charge in [-0.3, -0.25) is 4.79 Å². The molecule has 0 unspecified atom stereocenters. The fourth-order valence-corrected chi connectivity index (χ4v) is 2.06. The van der Waals surface area contributed by atoms with Crippen molar-refractivity contribution in [1.29, 1.82) is 0 Å². The Morgan fingerprint density at radius 3 is 1.96 bits per heavy atom. The zero-order chi connectivity index (χ0) is 17.7. The van der Waals surface area contributed by atoms with E-state index >= 15 is 0 Å².